The molecule has 20 heavy (non-hydrogen) atoms. The third-order valence-electron chi connectivity index (χ3n) is 3.28. The topological polar surface area (TPSA) is 43.9 Å². The van der Waals surface area contributed by atoms with Crippen molar-refractivity contribution in [3.63, 3.8) is 0 Å². The number of allylic oxidation sites excluding steroid dienone is 1. The molecule has 102 valence electrons. The molecule has 3 rings (SSSR count). The molecule has 4 heteroatoms. The van der Waals surface area contributed by atoms with Crippen LogP contribution < -0.4 is 0 Å². The summed E-state index contributed by atoms with van der Waals surface area (Å²) in [6, 6.07) is 10.3. The fraction of sp³-hybridized carbons (Fsp3) is 0.250. The lowest BCUT2D eigenvalue weighted by Crippen LogP contribution is -1.97. The average Bonchev–Trinajstić information content (AvgIpc) is 3.04. The molecule has 0 unspecified atom stereocenters. The predicted octanol–water partition coefficient (Wildman–Crippen LogP) is 4.00. The SMILES string of the molecule is C=CCn1c(-c2nnc(C(C)C)o2)cc2ccccc21. The Balaban J connectivity index is 2.18. The van der Waals surface area contributed by atoms with Gasteiger partial charge in [-0.05, 0) is 12.1 Å². The third kappa shape index (κ3) is 2.03. The Bertz CT molecular complexity index is 752. The fourth-order valence-corrected chi connectivity index (χ4v) is 2.28. The van der Waals surface area contributed by atoms with Crippen LogP contribution in [0.2, 0.25) is 0 Å². The molecule has 4 nitrogen and oxygen atoms in total. The van der Waals surface area contributed by atoms with Gasteiger partial charge in [0.05, 0.1) is 0 Å². The molecule has 0 spiro atoms. The summed E-state index contributed by atoms with van der Waals surface area (Å²) in [7, 11) is 0. The van der Waals surface area contributed by atoms with Gasteiger partial charge in [-0.15, -0.1) is 16.8 Å². The smallest absolute Gasteiger partial charge is 0.264 e. The average molecular weight is 267 g/mol. The van der Waals surface area contributed by atoms with Crippen LogP contribution in [0.4, 0.5) is 0 Å². The number of hydrogen-bond acceptors (Lipinski definition) is 3. The molecule has 0 N–H and O–H groups in total. The standard InChI is InChI=1S/C16H17N3O/c1-4-9-19-13-8-6-5-7-12(13)10-14(19)16-18-17-15(20-16)11(2)3/h4-8,10-11H,1,9H2,2-3H3. The van der Waals surface area contributed by atoms with Crippen molar-refractivity contribution in [2.45, 2.75) is 26.3 Å². The highest BCUT2D eigenvalue weighted by Gasteiger charge is 2.16. The van der Waals surface area contributed by atoms with Crippen molar-refractivity contribution in [1.82, 2.24) is 14.8 Å². The van der Waals surface area contributed by atoms with Crippen LogP contribution in [0, 0.1) is 0 Å². The van der Waals surface area contributed by atoms with Crippen LogP contribution >= 0.6 is 0 Å². The zero-order chi connectivity index (χ0) is 14.1. The summed E-state index contributed by atoms with van der Waals surface area (Å²) in [5.74, 6) is 1.45. The van der Waals surface area contributed by atoms with Crippen LogP contribution in [0.1, 0.15) is 25.7 Å². The lowest BCUT2D eigenvalue weighted by molar-refractivity contribution is 0.478. The van der Waals surface area contributed by atoms with Crippen LogP contribution in [0.25, 0.3) is 22.5 Å². The number of fused-ring (bicyclic) bond motifs is 1. The number of nitrogens with zero attached hydrogens (tertiary/aromatic N) is 3. The molecule has 0 saturated carbocycles. The Hall–Kier alpha value is -2.36. The first kappa shape index (κ1) is 12.7. The Morgan fingerprint density at radius 2 is 2.10 bits per heavy atom. The minimum atomic E-state index is 0.230. The first-order valence-electron chi connectivity index (χ1n) is 6.73. The van der Waals surface area contributed by atoms with Gasteiger partial charge in [-0.1, -0.05) is 38.1 Å². The molecule has 0 radical (unpaired) electrons. The number of rotatable bonds is 4. The second-order valence-electron chi connectivity index (χ2n) is 5.09. The van der Waals surface area contributed by atoms with Gasteiger partial charge in [0.25, 0.3) is 5.89 Å². The molecule has 3 aromatic rings. The maximum Gasteiger partial charge on any atom is 0.264 e. The fourth-order valence-electron chi connectivity index (χ4n) is 2.28. The first-order valence-corrected chi connectivity index (χ1v) is 6.73. The molecule has 0 bridgehead atoms. The van der Waals surface area contributed by atoms with Crippen molar-refractivity contribution in [1.29, 1.82) is 0 Å². The van der Waals surface area contributed by atoms with Gasteiger partial charge in [0, 0.05) is 23.4 Å². The molecule has 0 saturated heterocycles. The predicted molar refractivity (Wildman–Crippen MR) is 79.5 cm³/mol. The molecule has 0 amide bonds. The second-order valence-corrected chi connectivity index (χ2v) is 5.09. The largest absolute Gasteiger partial charge is 0.419 e. The van der Waals surface area contributed by atoms with Gasteiger partial charge < -0.3 is 8.98 Å². The minimum Gasteiger partial charge on any atom is -0.419 e. The Morgan fingerprint density at radius 3 is 2.80 bits per heavy atom. The maximum absolute atomic E-state index is 5.77. The Labute approximate surface area is 117 Å². The number of aromatic nitrogens is 3. The van der Waals surface area contributed by atoms with Gasteiger partial charge in [0.2, 0.25) is 5.89 Å². The highest BCUT2D eigenvalue weighted by molar-refractivity contribution is 5.85. The summed E-state index contributed by atoms with van der Waals surface area (Å²) in [5, 5.41) is 9.44. The molecule has 0 aliphatic heterocycles. The van der Waals surface area contributed by atoms with Crippen molar-refractivity contribution in [3.8, 4) is 11.6 Å². The summed E-state index contributed by atoms with van der Waals surface area (Å²) in [5.41, 5.74) is 2.08. The first-order chi connectivity index (χ1) is 9.70. The summed E-state index contributed by atoms with van der Waals surface area (Å²) >= 11 is 0. The summed E-state index contributed by atoms with van der Waals surface area (Å²) in [6.07, 6.45) is 1.87. The van der Waals surface area contributed by atoms with E-state index in [1.54, 1.807) is 0 Å². The van der Waals surface area contributed by atoms with Crippen LogP contribution in [0.3, 0.4) is 0 Å². The van der Waals surface area contributed by atoms with Crippen molar-refractivity contribution in [2.75, 3.05) is 0 Å². The highest BCUT2D eigenvalue weighted by Crippen LogP contribution is 2.28. The quantitative estimate of drug-likeness (QED) is 0.671. The lowest BCUT2D eigenvalue weighted by Gasteiger charge is -2.04. The van der Waals surface area contributed by atoms with Gasteiger partial charge >= 0.3 is 0 Å². The van der Waals surface area contributed by atoms with Crippen molar-refractivity contribution in [2.24, 2.45) is 0 Å². The molecular weight excluding hydrogens is 250 g/mol. The lowest BCUT2D eigenvalue weighted by atomic mass is 10.2. The van der Waals surface area contributed by atoms with Crippen molar-refractivity contribution >= 4 is 10.9 Å². The van der Waals surface area contributed by atoms with Gasteiger partial charge in [0.15, 0.2) is 0 Å². The summed E-state index contributed by atoms with van der Waals surface area (Å²) < 4.78 is 7.91. The van der Waals surface area contributed by atoms with E-state index < -0.39 is 0 Å². The number of benzene rings is 1. The van der Waals surface area contributed by atoms with Crippen molar-refractivity contribution < 1.29 is 4.42 Å². The van der Waals surface area contributed by atoms with Crippen LogP contribution in [-0.4, -0.2) is 14.8 Å². The van der Waals surface area contributed by atoms with Gasteiger partial charge in [-0.25, -0.2) is 0 Å². The molecule has 0 fully saturated rings. The van der Waals surface area contributed by atoms with Gasteiger partial charge in [-0.3, -0.25) is 0 Å². The van der Waals surface area contributed by atoms with E-state index in [-0.39, 0.29) is 5.92 Å². The second kappa shape index (κ2) is 4.96. The van der Waals surface area contributed by atoms with E-state index in [4.69, 9.17) is 4.42 Å². The Kier molecular flexibility index (Phi) is 3.14. The zero-order valence-electron chi connectivity index (χ0n) is 11.7. The van der Waals surface area contributed by atoms with Gasteiger partial charge in [0.1, 0.15) is 5.69 Å². The monoisotopic (exact) mass is 267 g/mol. The van der Waals surface area contributed by atoms with E-state index in [2.05, 4.69) is 39.5 Å². The summed E-state index contributed by atoms with van der Waals surface area (Å²) in [6.45, 7) is 8.61. The molecule has 2 heterocycles. The van der Waals surface area contributed by atoms with Crippen molar-refractivity contribution in [3.05, 3.63) is 48.9 Å². The molecule has 2 aromatic heterocycles. The molecule has 0 atom stereocenters. The van der Waals surface area contributed by atoms with E-state index in [0.717, 1.165) is 16.6 Å². The molecule has 0 aliphatic rings. The molecule has 1 aromatic carbocycles. The number of hydrogen-bond donors (Lipinski definition) is 0. The van der Waals surface area contributed by atoms with E-state index in [0.29, 0.717) is 18.3 Å². The molecular formula is C16H17N3O. The van der Waals surface area contributed by atoms with E-state index >= 15 is 0 Å². The normalized spacial score (nSPS) is 11.3. The van der Waals surface area contributed by atoms with Crippen LogP contribution in [-0.2, 0) is 6.54 Å². The van der Waals surface area contributed by atoms with Gasteiger partial charge in [-0.2, -0.15) is 0 Å². The number of para-hydroxylation sites is 1. The van der Waals surface area contributed by atoms with Crippen LogP contribution in [0.5, 0.6) is 0 Å². The van der Waals surface area contributed by atoms with E-state index in [1.807, 2.05) is 32.1 Å². The zero-order valence-corrected chi connectivity index (χ0v) is 11.7. The maximum atomic E-state index is 5.77. The van der Waals surface area contributed by atoms with E-state index in [1.165, 1.54) is 0 Å². The summed E-state index contributed by atoms with van der Waals surface area (Å²) in [4.78, 5) is 0. The third-order valence-corrected chi connectivity index (χ3v) is 3.28. The van der Waals surface area contributed by atoms with Crippen LogP contribution in [0.15, 0.2) is 47.4 Å². The molecule has 0 aliphatic carbocycles. The van der Waals surface area contributed by atoms with E-state index in [9.17, 15) is 0 Å². The minimum absolute atomic E-state index is 0.230. The highest BCUT2D eigenvalue weighted by atomic mass is 16.4. The Morgan fingerprint density at radius 1 is 1.30 bits per heavy atom.